The van der Waals surface area contributed by atoms with E-state index in [1.807, 2.05) is 6.07 Å². The summed E-state index contributed by atoms with van der Waals surface area (Å²) < 4.78 is 14.2. The Balaban J connectivity index is 1.31. The van der Waals surface area contributed by atoms with Crippen LogP contribution in [-0.4, -0.2) is 66.0 Å². The van der Waals surface area contributed by atoms with Gasteiger partial charge in [0.2, 0.25) is 5.91 Å². The molecule has 2 aliphatic rings. The second-order valence-electron chi connectivity index (χ2n) is 12.3. The minimum atomic E-state index is -0.302. The summed E-state index contributed by atoms with van der Waals surface area (Å²) in [7, 11) is 0. The molecular formula is C34H50FN4O2+. The number of anilines is 2. The molecule has 0 aromatic heterocycles. The molecule has 2 aromatic rings. The lowest BCUT2D eigenvalue weighted by atomic mass is 10.0. The molecule has 2 saturated heterocycles. The molecule has 0 saturated carbocycles. The molecule has 41 heavy (non-hydrogen) atoms. The van der Waals surface area contributed by atoms with Crippen LogP contribution in [-0.2, 0) is 9.59 Å². The predicted molar refractivity (Wildman–Crippen MR) is 165 cm³/mol. The first kappa shape index (κ1) is 31.2. The maximum absolute atomic E-state index is 13.7. The van der Waals surface area contributed by atoms with Gasteiger partial charge in [0, 0.05) is 24.2 Å². The molecule has 4 rings (SSSR count). The van der Waals surface area contributed by atoms with Crippen molar-refractivity contribution in [1.82, 2.24) is 4.90 Å². The topological polar surface area (TPSA) is 61.4 Å². The smallest absolute Gasteiger partial charge is 0.282 e. The summed E-state index contributed by atoms with van der Waals surface area (Å²) in [4.78, 5) is 29.0. The van der Waals surface area contributed by atoms with Gasteiger partial charge < -0.3 is 15.1 Å². The third-order valence-electron chi connectivity index (χ3n) is 9.31. The van der Waals surface area contributed by atoms with Crippen LogP contribution in [0.4, 0.5) is 15.8 Å². The highest BCUT2D eigenvalue weighted by Gasteiger charge is 2.45. The molecule has 0 spiro atoms. The molecule has 2 aromatic carbocycles. The first-order chi connectivity index (χ1) is 19.8. The van der Waals surface area contributed by atoms with Gasteiger partial charge in [0.1, 0.15) is 5.82 Å². The number of carbonyl (C=O) groups excluding carboxylic acids is 2. The molecule has 2 N–H and O–H groups in total. The Morgan fingerprint density at radius 2 is 1.61 bits per heavy atom. The Morgan fingerprint density at radius 1 is 0.878 bits per heavy atom. The standard InChI is InChI=1S/C34H49FN4O2/c1-4-5-23-39(25-12-16-31(39)34(41)37-32-26(2)13-11-14-27(32)3)24-10-6-8-21-38-22-9-7-15-30(38)33(40)36-29-19-17-28(35)18-20-29/h11,13-14,17-20,30-31H,4-10,12,15-16,21-25H2,1-3H3,(H-,36,37,40,41)/p+1. The molecule has 6 nitrogen and oxygen atoms in total. The fourth-order valence-corrected chi connectivity index (χ4v) is 6.98. The monoisotopic (exact) mass is 565 g/mol. The van der Waals surface area contributed by atoms with E-state index in [2.05, 4.69) is 48.4 Å². The average Bonchev–Trinajstić information content (AvgIpc) is 3.39. The summed E-state index contributed by atoms with van der Waals surface area (Å²) in [6.07, 6.45) is 10.6. The highest BCUT2D eigenvalue weighted by molar-refractivity contribution is 5.96. The van der Waals surface area contributed by atoms with Crippen molar-refractivity contribution < 1.29 is 18.5 Å². The van der Waals surface area contributed by atoms with Gasteiger partial charge in [-0.1, -0.05) is 38.0 Å². The van der Waals surface area contributed by atoms with Crippen molar-refractivity contribution in [1.29, 1.82) is 0 Å². The van der Waals surface area contributed by atoms with E-state index >= 15 is 0 Å². The number of piperidine rings is 1. The number of benzene rings is 2. The third-order valence-corrected chi connectivity index (χ3v) is 9.31. The maximum atomic E-state index is 13.7. The van der Waals surface area contributed by atoms with E-state index in [1.54, 1.807) is 12.1 Å². The van der Waals surface area contributed by atoms with Crippen LogP contribution in [0.5, 0.6) is 0 Å². The number of hydrogen-bond acceptors (Lipinski definition) is 3. The number of halogens is 1. The molecule has 3 unspecified atom stereocenters. The van der Waals surface area contributed by atoms with Crippen molar-refractivity contribution in [3.05, 3.63) is 59.4 Å². The fourth-order valence-electron chi connectivity index (χ4n) is 6.98. The van der Waals surface area contributed by atoms with E-state index in [1.165, 1.54) is 12.1 Å². The van der Waals surface area contributed by atoms with Crippen LogP contribution in [0.1, 0.15) is 82.3 Å². The number of carbonyl (C=O) groups is 2. The number of para-hydroxylation sites is 1. The molecule has 3 atom stereocenters. The van der Waals surface area contributed by atoms with Crippen molar-refractivity contribution in [3.63, 3.8) is 0 Å². The first-order valence-electron chi connectivity index (χ1n) is 15.9. The molecule has 0 radical (unpaired) electrons. The van der Waals surface area contributed by atoms with E-state index in [9.17, 15) is 14.0 Å². The molecule has 0 aliphatic carbocycles. The van der Waals surface area contributed by atoms with Crippen LogP contribution in [0.3, 0.4) is 0 Å². The van der Waals surface area contributed by atoms with Gasteiger partial charge in [-0.3, -0.25) is 14.5 Å². The SMILES string of the molecule is CCCC[N+]1(CCCCCN2CCCCC2C(=O)Nc2ccc(F)cc2)CCCC1C(=O)Nc1c(C)cccc1C. The van der Waals surface area contributed by atoms with Gasteiger partial charge in [-0.25, -0.2) is 4.39 Å². The Kier molecular flexibility index (Phi) is 11.3. The van der Waals surface area contributed by atoms with Crippen LogP contribution >= 0.6 is 0 Å². The first-order valence-corrected chi connectivity index (χ1v) is 15.9. The summed E-state index contributed by atoms with van der Waals surface area (Å²) >= 11 is 0. The van der Waals surface area contributed by atoms with Gasteiger partial charge in [0.15, 0.2) is 6.04 Å². The summed E-state index contributed by atoms with van der Waals surface area (Å²) in [6, 6.07) is 12.0. The van der Waals surface area contributed by atoms with Crippen molar-refractivity contribution in [3.8, 4) is 0 Å². The number of nitrogens with one attached hydrogen (secondary N) is 2. The van der Waals surface area contributed by atoms with E-state index in [0.29, 0.717) is 5.69 Å². The minimum absolute atomic E-state index is 0.00944. The molecule has 7 heteroatoms. The number of rotatable bonds is 13. The zero-order chi connectivity index (χ0) is 29.2. The number of amides is 2. The predicted octanol–water partition coefficient (Wildman–Crippen LogP) is 6.82. The zero-order valence-corrected chi connectivity index (χ0v) is 25.4. The van der Waals surface area contributed by atoms with Gasteiger partial charge in [0.05, 0.1) is 25.7 Å². The number of hydrogen-bond donors (Lipinski definition) is 2. The number of likely N-dealkylation sites (tertiary alicyclic amines) is 2. The van der Waals surface area contributed by atoms with Crippen LogP contribution in [0.25, 0.3) is 0 Å². The summed E-state index contributed by atoms with van der Waals surface area (Å²) in [5.41, 5.74) is 3.85. The van der Waals surface area contributed by atoms with E-state index in [-0.39, 0.29) is 29.7 Å². The lowest BCUT2D eigenvalue weighted by molar-refractivity contribution is -0.931. The lowest BCUT2D eigenvalue weighted by Gasteiger charge is -2.40. The number of quaternary nitrogens is 1. The van der Waals surface area contributed by atoms with Crippen molar-refractivity contribution in [2.24, 2.45) is 0 Å². The van der Waals surface area contributed by atoms with Crippen LogP contribution < -0.4 is 10.6 Å². The minimum Gasteiger partial charge on any atom is -0.325 e. The number of unbranched alkanes of at least 4 members (excludes halogenated alkanes) is 3. The highest BCUT2D eigenvalue weighted by Crippen LogP contribution is 2.31. The zero-order valence-electron chi connectivity index (χ0n) is 25.4. The van der Waals surface area contributed by atoms with Gasteiger partial charge in [-0.2, -0.15) is 0 Å². The maximum Gasteiger partial charge on any atom is 0.282 e. The summed E-state index contributed by atoms with van der Waals surface area (Å²) in [5, 5.41) is 6.30. The van der Waals surface area contributed by atoms with E-state index in [0.717, 1.165) is 118 Å². The lowest BCUT2D eigenvalue weighted by Crippen LogP contribution is -2.57. The van der Waals surface area contributed by atoms with Gasteiger partial charge >= 0.3 is 0 Å². The molecule has 2 aliphatic heterocycles. The molecule has 2 heterocycles. The molecule has 0 bridgehead atoms. The quantitative estimate of drug-likeness (QED) is 0.207. The second kappa shape index (κ2) is 14.9. The van der Waals surface area contributed by atoms with Gasteiger partial charge in [0.25, 0.3) is 5.91 Å². The molecule has 2 fully saturated rings. The Labute approximate surface area is 246 Å². The highest BCUT2D eigenvalue weighted by atomic mass is 19.1. The third kappa shape index (κ3) is 8.16. The summed E-state index contributed by atoms with van der Waals surface area (Å²) in [6.45, 7) is 11.4. The van der Waals surface area contributed by atoms with Crippen molar-refractivity contribution in [2.75, 3.05) is 43.4 Å². The van der Waals surface area contributed by atoms with Gasteiger partial charge in [-0.15, -0.1) is 0 Å². The molecule has 2 amide bonds. The number of nitrogens with zero attached hydrogens (tertiary/aromatic N) is 2. The van der Waals surface area contributed by atoms with E-state index < -0.39 is 0 Å². The Bertz CT molecular complexity index is 1130. The van der Waals surface area contributed by atoms with E-state index in [4.69, 9.17) is 0 Å². The normalized spacial score (nSPS) is 22.9. The molecule has 224 valence electrons. The number of aryl methyl sites for hydroxylation is 2. The second-order valence-corrected chi connectivity index (χ2v) is 12.3. The summed E-state index contributed by atoms with van der Waals surface area (Å²) in [5.74, 6) is -0.113. The van der Waals surface area contributed by atoms with Gasteiger partial charge in [-0.05, 0) is 101 Å². The largest absolute Gasteiger partial charge is 0.325 e. The van der Waals surface area contributed by atoms with Crippen molar-refractivity contribution >= 4 is 23.2 Å². The van der Waals surface area contributed by atoms with Crippen LogP contribution in [0, 0.1) is 19.7 Å². The van der Waals surface area contributed by atoms with Crippen molar-refractivity contribution in [2.45, 2.75) is 97.1 Å². The van der Waals surface area contributed by atoms with Crippen LogP contribution in [0.2, 0.25) is 0 Å². The van der Waals surface area contributed by atoms with Crippen LogP contribution in [0.15, 0.2) is 42.5 Å². The Hall–Kier alpha value is -2.77. The fraction of sp³-hybridized carbons (Fsp3) is 0.588. The average molecular weight is 566 g/mol. The molecular weight excluding hydrogens is 515 g/mol. The Morgan fingerprint density at radius 3 is 2.34 bits per heavy atom.